The van der Waals surface area contributed by atoms with Gasteiger partial charge in [0, 0.05) is 30.9 Å². The molecule has 1 amide bonds. The lowest BCUT2D eigenvalue weighted by Gasteiger charge is -2.34. The molecule has 0 radical (unpaired) electrons. The zero-order chi connectivity index (χ0) is 22.2. The van der Waals surface area contributed by atoms with Crippen LogP contribution in [0.1, 0.15) is 42.6 Å². The molecule has 31 heavy (non-hydrogen) atoms. The van der Waals surface area contributed by atoms with Crippen LogP contribution in [0.5, 0.6) is 5.75 Å². The number of fused-ring (bicyclic) bond motifs is 1. The van der Waals surface area contributed by atoms with E-state index in [1.54, 1.807) is 40.6 Å². The van der Waals surface area contributed by atoms with Gasteiger partial charge in [0.15, 0.2) is 0 Å². The van der Waals surface area contributed by atoms with Gasteiger partial charge in [0.2, 0.25) is 10.0 Å². The minimum absolute atomic E-state index is 0.115. The molecule has 2 aromatic rings. The maximum atomic E-state index is 13.2. The molecule has 0 saturated carbocycles. The first-order valence-corrected chi connectivity index (χ1v) is 12.3. The number of methoxy groups -OCH3 is 1. The molecule has 4 rings (SSSR count). The van der Waals surface area contributed by atoms with Crippen LogP contribution in [0.3, 0.4) is 0 Å². The summed E-state index contributed by atoms with van der Waals surface area (Å²) in [6, 6.07) is 12.1. The van der Waals surface area contributed by atoms with E-state index in [1.165, 1.54) is 0 Å². The molecule has 2 aliphatic rings. The van der Waals surface area contributed by atoms with E-state index >= 15 is 0 Å². The number of piperidine rings is 1. The van der Waals surface area contributed by atoms with Crippen LogP contribution in [-0.4, -0.2) is 45.4 Å². The first kappa shape index (κ1) is 21.8. The average Bonchev–Trinajstić information content (AvgIpc) is 2.77. The predicted octanol–water partition coefficient (Wildman–Crippen LogP) is 3.95. The van der Waals surface area contributed by atoms with E-state index in [2.05, 4.69) is 13.8 Å². The van der Waals surface area contributed by atoms with E-state index in [-0.39, 0.29) is 10.8 Å². The van der Waals surface area contributed by atoms with Crippen molar-refractivity contribution in [3.05, 3.63) is 53.6 Å². The number of anilines is 1. The van der Waals surface area contributed by atoms with Crippen LogP contribution in [0.4, 0.5) is 5.69 Å². The topological polar surface area (TPSA) is 66.9 Å². The summed E-state index contributed by atoms with van der Waals surface area (Å²) in [5.41, 5.74) is 2.47. The summed E-state index contributed by atoms with van der Waals surface area (Å²) in [6.45, 7) is 5.91. The van der Waals surface area contributed by atoms with E-state index < -0.39 is 10.0 Å². The Bertz CT molecular complexity index is 1060. The Morgan fingerprint density at radius 3 is 2.35 bits per heavy atom. The van der Waals surface area contributed by atoms with Gasteiger partial charge in [0.05, 0.1) is 12.0 Å². The van der Waals surface area contributed by atoms with Crippen molar-refractivity contribution in [3.8, 4) is 5.75 Å². The Labute approximate surface area is 184 Å². The largest absolute Gasteiger partial charge is 0.497 e. The number of amides is 1. The Kier molecular flexibility index (Phi) is 6.08. The molecule has 1 saturated heterocycles. The van der Waals surface area contributed by atoms with Gasteiger partial charge in [-0.05, 0) is 79.1 Å². The molecule has 7 heteroatoms. The summed E-state index contributed by atoms with van der Waals surface area (Å²) >= 11 is 0. The molecule has 0 bridgehead atoms. The minimum Gasteiger partial charge on any atom is -0.497 e. The number of carbonyl (C=O) groups is 1. The van der Waals surface area contributed by atoms with Crippen molar-refractivity contribution in [3.63, 3.8) is 0 Å². The Hall–Kier alpha value is -2.38. The molecular weight excluding hydrogens is 412 g/mol. The van der Waals surface area contributed by atoms with Gasteiger partial charge in [-0.1, -0.05) is 13.8 Å². The van der Waals surface area contributed by atoms with Gasteiger partial charge in [-0.2, -0.15) is 4.31 Å². The fourth-order valence-electron chi connectivity index (χ4n) is 4.79. The summed E-state index contributed by atoms with van der Waals surface area (Å²) < 4.78 is 33.1. The van der Waals surface area contributed by atoms with Gasteiger partial charge in [-0.15, -0.1) is 0 Å². The first-order chi connectivity index (χ1) is 14.8. The highest BCUT2D eigenvalue weighted by molar-refractivity contribution is 7.89. The molecule has 2 aromatic carbocycles. The number of ether oxygens (including phenoxy) is 1. The van der Waals surface area contributed by atoms with Crippen LogP contribution in [-0.2, 0) is 16.4 Å². The van der Waals surface area contributed by atoms with Crippen molar-refractivity contribution in [2.24, 2.45) is 11.8 Å². The second-order valence-corrected chi connectivity index (χ2v) is 10.8. The third kappa shape index (κ3) is 4.34. The van der Waals surface area contributed by atoms with Crippen molar-refractivity contribution in [2.45, 2.75) is 38.0 Å². The Morgan fingerprint density at radius 1 is 1.03 bits per heavy atom. The number of aryl methyl sites for hydroxylation is 1. The third-order valence-corrected chi connectivity index (χ3v) is 8.07. The lowest BCUT2D eigenvalue weighted by atomic mass is 9.94. The SMILES string of the molecule is COc1ccc2c(c1)CCCN2C(=O)c1ccc(S(=O)(=O)N2C[C@H](C)C[C@H](C)C2)cc1. The van der Waals surface area contributed by atoms with Crippen molar-refractivity contribution >= 4 is 21.6 Å². The zero-order valence-corrected chi connectivity index (χ0v) is 19.2. The highest BCUT2D eigenvalue weighted by Crippen LogP contribution is 2.32. The number of hydrogen-bond acceptors (Lipinski definition) is 4. The second kappa shape index (κ2) is 8.63. The van der Waals surface area contributed by atoms with Crippen molar-refractivity contribution in [1.82, 2.24) is 4.31 Å². The minimum atomic E-state index is -3.56. The number of sulfonamides is 1. The van der Waals surface area contributed by atoms with Crippen molar-refractivity contribution in [1.29, 1.82) is 0 Å². The van der Waals surface area contributed by atoms with Crippen LogP contribution < -0.4 is 9.64 Å². The fourth-order valence-corrected chi connectivity index (χ4v) is 6.47. The van der Waals surface area contributed by atoms with Crippen LogP contribution in [0.25, 0.3) is 0 Å². The number of hydrogen-bond donors (Lipinski definition) is 0. The van der Waals surface area contributed by atoms with Gasteiger partial charge in [0.25, 0.3) is 5.91 Å². The lowest BCUT2D eigenvalue weighted by Crippen LogP contribution is -2.42. The normalized spacial score (nSPS) is 22.1. The Balaban J connectivity index is 1.56. The van der Waals surface area contributed by atoms with Gasteiger partial charge >= 0.3 is 0 Å². The number of nitrogens with zero attached hydrogens (tertiary/aromatic N) is 2. The quantitative estimate of drug-likeness (QED) is 0.719. The molecule has 166 valence electrons. The van der Waals surface area contributed by atoms with Crippen LogP contribution in [0.2, 0.25) is 0 Å². The monoisotopic (exact) mass is 442 g/mol. The smallest absolute Gasteiger partial charge is 0.258 e. The molecule has 2 heterocycles. The molecule has 2 atom stereocenters. The maximum Gasteiger partial charge on any atom is 0.258 e. The standard InChI is InChI=1S/C24H30N2O4S/c1-17-13-18(2)16-25(15-17)31(28,29)22-9-6-19(7-10-22)24(27)26-12-4-5-20-14-21(30-3)8-11-23(20)26/h6-11,14,17-18H,4-5,12-13,15-16H2,1-3H3/t17-,18+. The van der Waals surface area contributed by atoms with E-state index in [0.29, 0.717) is 37.0 Å². The van der Waals surface area contributed by atoms with Crippen LogP contribution >= 0.6 is 0 Å². The molecule has 0 aliphatic carbocycles. The summed E-state index contributed by atoms with van der Waals surface area (Å²) in [6.07, 6.45) is 2.83. The predicted molar refractivity (Wildman–Crippen MR) is 121 cm³/mol. The summed E-state index contributed by atoms with van der Waals surface area (Å²) in [5.74, 6) is 1.36. The molecule has 0 spiro atoms. The van der Waals surface area contributed by atoms with Gasteiger partial charge < -0.3 is 9.64 Å². The zero-order valence-electron chi connectivity index (χ0n) is 18.4. The summed E-state index contributed by atoms with van der Waals surface area (Å²) in [7, 11) is -1.92. The second-order valence-electron chi connectivity index (χ2n) is 8.85. The Morgan fingerprint density at radius 2 is 1.71 bits per heavy atom. The fraction of sp³-hybridized carbons (Fsp3) is 0.458. The highest BCUT2D eigenvalue weighted by atomic mass is 32.2. The molecule has 0 aromatic heterocycles. The average molecular weight is 443 g/mol. The maximum absolute atomic E-state index is 13.2. The molecule has 2 aliphatic heterocycles. The number of carbonyl (C=O) groups excluding carboxylic acids is 1. The van der Waals surface area contributed by atoms with E-state index in [0.717, 1.165) is 36.3 Å². The van der Waals surface area contributed by atoms with Gasteiger partial charge in [0.1, 0.15) is 5.75 Å². The molecule has 0 N–H and O–H groups in total. The van der Waals surface area contributed by atoms with Gasteiger partial charge in [-0.3, -0.25) is 4.79 Å². The van der Waals surface area contributed by atoms with E-state index in [9.17, 15) is 13.2 Å². The molecule has 0 unspecified atom stereocenters. The summed E-state index contributed by atoms with van der Waals surface area (Å²) in [5, 5.41) is 0. The van der Waals surface area contributed by atoms with Crippen LogP contribution in [0.15, 0.2) is 47.4 Å². The number of rotatable bonds is 4. The van der Waals surface area contributed by atoms with Crippen molar-refractivity contribution in [2.75, 3.05) is 31.6 Å². The van der Waals surface area contributed by atoms with E-state index in [4.69, 9.17) is 4.74 Å². The van der Waals surface area contributed by atoms with Crippen molar-refractivity contribution < 1.29 is 17.9 Å². The summed E-state index contributed by atoms with van der Waals surface area (Å²) in [4.78, 5) is 15.2. The first-order valence-electron chi connectivity index (χ1n) is 10.9. The molecule has 1 fully saturated rings. The molecular formula is C24H30N2O4S. The van der Waals surface area contributed by atoms with Gasteiger partial charge in [-0.25, -0.2) is 8.42 Å². The molecule has 6 nitrogen and oxygen atoms in total. The van der Waals surface area contributed by atoms with E-state index in [1.807, 2.05) is 18.2 Å². The third-order valence-electron chi connectivity index (χ3n) is 6.22. The van der Waals surface area contributed by atoms with Crippen LogP contribution in [0, 0.1) is 11.8 Å². The lowest BCUT2D eigenvalue weighted by molar-refractivity contribution is 0.0985. The highest BCUT2D eigenvalue weighted by Gasteiger charge is 2.32. The number of benzene rings is 2.